The van der Waals surface area contributed by atoms with Gasteiger partial charge in [-0.2, -0.15) is 13.2 Å². The van der Waals surface area contributed by atoms with Gasteiger partial charge >= 0.3 is 6.18 Å². The van der Waals surface area contributed by atoms with Crippen molar-refractivity contribution in [1.29, 1.82) is 0 Å². The third-order valence-corrected chi connectivity index (χ3v) is 4.49. The Hall–Kier alpha value is -2.89. The number of piperazine rings is 1. The van der Waals surface area contributed by atoms with Gasteiger partial charge in [0.2, 0.25) is 5.95 Å². The summed E-state index contributed by atoms with van der Waals surface area (Å²) in [5.74, 6) is 0.719. The monoisotopic (exact) mass is 426 g/mol. The van der Waals surface area contributed by atoms with Crippen molar-refractivity contribution in [1.82, 2.24) is 30.2 Å². The van der Waals surface area contributed by atoms with Gasteiger partial charge in [-0.05, 0) is 13.0 Å². The van der Waals surface area contributed by atoms with Crippen LogP contribution < -0.4 is 10.6 Å². The minimum absolute atomic E-state index is 0.0634. The quantitative estimate of drug-likeness (QED) is 0.392. The molecule has 0 aromatic carbocycles. The van der Waals surface area contributed by atoms with Crippen LogP contribution in [0.2, 0.25) is 0 Å². The molecule has 12 heteroatoms. The Kier molecular flexibility index (Phi) is 7.44. The van der Waals surface area contributed by atoms with E-state index in [9.17, 15) is 13.2 Å². The van der Waals surface area contributed by atoms with Crippen LogP contribution in [0.25, 0.3) is 0 Å². The molecule has 0 bridgehead atoms. The van der Waals surface area contributed by atoms with Gasteiger partial charge in [0, 0.05) is 58.1 Å². The van der Waals surface area contributed by atoms with Crippen molar-refractivity contribution in [3.05, 3.63) is 36.0 Å². The van der Waals surface area contributed by atoms with Crippen molar-refractivity contribution < 1.29 is 17.7 Å². The van der Waals surface area contributed by atoms with Gasteiger partial charge in [0.1, 0.15) is 12.0 Å². The molecule has 0 unspecified atom stereocenters. The topological polar surface area (TPSA) is 94.7 Å². The normalized spacial score (nSPS) is 16.0. The predicted octanol–water partition coefficient (Wildman–Crippen LogP) is 1.68. The minimum Gasteiger partial charge on any atom is -0.364 e. The molecule has 0 spiro atoms. The van der Waals surface area contributed by atoms with Crippen LogP contribution in [0.1, 0.15) is 18.3 Å². The maximum Gasteiger partial charge on any atom is 0.433 e. The fraction of sp³-hybridized carbons (Fsp3) is 0.556. The van der Waals surface area contributed by atoms with E-state index in [1.54, 1.807) is 6.26 Å². The summed E-state index contributed by atoms with van der Waals surface area (Å²) in [5, 5.41) is 9.99. The first kappa shape index (κ1) is 21.8. The summed E-state index contributed by atoms with van der Waals surface area (Å²) < 4.78 is 43.0. The lowest BCUT2D eigenvalue weighted by molar-refractivity contribution is -0.141. The molecule has 0 aliphatic carbocycles. The van der Waals surface area contributed by atoms with Crippen LogP contribution in [0.5, 0.6) is 0 Å². The Bertz CT molecular complexity index is 804. The first-order valence-electron chi connectivity index (χ1n) is 9.74. The number of hydrogen-bond acceptors (Lipinski definition) is 7. The van der Waals surface area contributed by atoms with Crippen LogP contribution in [0.3, 0.4) is 0 Å². The van der Waals surface area contributed by atoms with E-state index in [1.807, 2.05) is 13.0 Å². The summed E-state index contributed by atoms with van der Waals surface area (Å²) >= 11 is 0. The van der Waals surface area contributed by atoms with E-state index in [1.165, 1.54) is 0 Å². The Labute approximate surface area is 172 Å². The average Bonchev–Trinajstić information content (AvgIpc) is 3.24. The largest absolute Gasteiger partial charge is 0.433 e. The molecule has 3 heterocycles. The van der Waals surface area contributed by atoms with Crippen molar-refractivity contribution in [2.45, 2.75) is 19.6 Å². The van der Waals surface area contributed by atoms with Gasteiger partial charge in [0.15, 0.2) is 5.96 Å². The third-order valence-electron chi connectivity index (χ3n) is 4.49. The lowest BCUT2D eigenvalue weighted by atomic mass is 10.3. The SMILES string of the molecule is CCNC(=NCCNc1nccc(C(F)(F)F)n1)N1CCN(Cc2ccon2)CC1. The standard InChI is InChI=1S/C18H25F3N8O/c1-2-22-17(29-10-8-28(9-11-29)13-14-4-12-30-27-14)25-7-6-24-16-23-5-3-15(26-16)18(19,20)21/h3-5,12H,2,6-11,13H2,1H3,(H,22,25)(H,23,24,26). The highest BCUT2D eigenvalue weighted by Gasteiger charge is 2.32. The highest BCUT2D eigenvalue weighted by atomic mass is 19.4. The average molecular weight is 426 g/mol. The van der Waals surface area contributed by atoms with Crippen molar-refractivity contribution in [2.75, 3.05) is 51.1 Å². The molecule has 2 N–H and O–H groups in total. The maximum absolute atomic E-state index is 12.7. The summed E-state index contributed by atoms with van der Waals surface area (Å²) in [7, 11) is 0. The lowest BCUT2D eigenvalue weighted by Crippen LogP contribution is -2.52. The number of anilines is 1. The maximum atomic E-state index is 12.7. The van der Waals surface area contributed by atoms with E-state index < -0.39 is 11.9 Å². The zero-order valence-corrected chi connectivity index (χ0v) is 16.7. The summed E-state index contributed by atoms with van der Waals surface area (Å²) in [6.07, 6.45) is -1.84. The number of aliphatic imine (C=N–C) groups is 1. The number of hydrogen-bond donors (Lipinski definition) is 2. The van der Waals surface area contributed by atoms with E-state index in [-0.39, 0.29) is 5.95 Å². The van der Waals surface area contributed by atoms with Crippen LogP contribution in [0.15, 0.2) is 34.1 Å². The second-order valence-electron chi connectivity index (χ2n) is 6.68. The van der Waals surface area contributed by atoms with Crippen molar-refractivity contribution in [3.8, 4) is 0 Å². The van der Waals surface area contributed by atoms with E-state index >= 15 is 0 Å². The molecule has 2 aromatic rings. The van der Waals surface area contributed by atoms with Gasteiger partial charge in [-0.25, -0.2) is 9.97 Å². The molecule has 0 radical (unpaired) electrons. The van der Waals surface area contributed by atoms with Gasteiger partial charge in [0.25, 0.3) is 0 Å². The second kappa shape index (κ2) is 10.2. The van der Waals surface area contributed by atoms with Gasteiger partial charge < -0.3 is 20.1 Å². The number of rotatable bonds is 7. The Morgan fingerprint density at radius 2 is 2.03 bits per heavy atom. The third kappa shape index (κ3) is 6.31. The van der Waals surface area contributed by atoms with Gasteiger partial charge in [0.05, 0.1) is 12.2 Å². The van der Waals surface area contributed by atoms with E-state index in [0.29, 0.717) is 13.1 Å². The molecule has 1 saturated heterocycles. The molecule has 1 fully saturated rings. The Morgan fingerprint density at radius 3 is 2.70 bits per heavy atom. The molecule has 2 aromatic heterocycles. The fourth-order valence-corrected chi connectivity index (χ4v) is 3.02. The van der Waals surface area contributed by atoms with Gasteiger partial charge in [-0.1, -0.05) is 5.16 Å². The summed E-state index contributed by atoms with van der Waals surface area (Å²) in [4.78, 5) is 16.3. The summed E-state index contributed by atoms with van der Waals surface area (Å²) in [6, 6.07) is 2.70. The smallest absolute Gasteiger partial charge is 0.364 e. The number of nitrogens with one attached hydrogen (secondary N) is 2. The Morgan fingerprint density at radius 1 is 1.23 bits per heavy atom. The molecule has 164 valence electrons. The number of guanidine groups is 1. The predicted molar refractivity (Wildman–Crippen MR) is 105 cm³/mol. The molecule has 1 aliphatic rings. The van der Waals surface area contributed by atoms with Crippen molar-refractivity contribution >= 4 is 11.9 Å². The molecule has 0 atom stereocenters. The van der Waals surface area contributed by atoms with E-state index in [2.05, 4.69) is 40.6 Å². The summed E-state index contributed by atoms with van der Waals surface area (Å²) in [6.45, 7) is 7.53. The van der Waals surface area contributed by atoms with Crippen LogP contribution >= 0.6 is 0 Å². The highest BCUT2D eigenvalue weighted by Crippen LogP contribution is 2.27. The second-order valence-corrected chi connectivity index (χ2v) is 6.68. The number of alkyl halides is 3. The first-order valence-corrected chi connectivity index (χ1v) is 9.74. The van der Waals surface area contributed by atoms with E-state index in [0.717, 1.165) is 63.2 Å². The van der Waals surface area contributed by atoms with Crippen LogP contribution in [0, 0.1) is 0 Å². The van der Waals surface area contributed by atoms with E-state index in [4.69, 9.17) is 4.52 Å². The van der Waals surface area contributed by atoms with Gasteiger partial charge in [-0.3, -0.25) is 9.89 Å². The molecule has 9 nitrogen and oxygen atoms in total. The zero-order valence-electron chi connectivity index (χ0n) is 16.7. The molecule has 1 aliphatic heterocycles. The first-order chi connectivity index (χ1) is 14.5. The number of halogens is 3. The lowest BCUT2D eigenvalue weighted by Gasteiger charge is -2.36. The molecular weight excluding hydrogens is 401 g/mol. The van der Waals surface area contributed by atoms with Crippen molar-refractivity contribution in [2.24, 2.45) is 4.99 Å². The molecule has 0 saturated carbocycles. The van der Waals surface area contributed by atoms with Crippen LogP contribution in [0.4, 0.5) is 19.1 Å². The highest BCUT2D eigenvalue weighted by molar-refractivity contribution is 5.80. The molecule has 3 rings (SSSR count). The zero-order chi connectivity index (χ0) is 21.4. The molecular formula is C18H25F3N8O. The molecule has 30 heavy (non-hydrogen) atoms. The van der Waals surface area contributed by atoms with Gasteiger partial charge in [-0.15, -0.1) is 0 Å². The van der Waals surface area contributed by atoms with Crippen LogP contribution in [-0.2, 0) is 12.7 Å². The summed E-state index contributed by atoms with van der Waals surface area (Å²) in [5.41, 5.74) is -0.0627. The minimum atomic E-state index is -4.49. The fourth-order valence-electron chi connectivity index (χ4n) is 3.02. The number of nitrogens with zero attached hydrogens (tertiary/aromatic N) is 6. The van der Waals surface area contributed by atoms with Crippen LogP contribution in [-0.4, -0.2) is 76.7 Å². The van der Waals surface area contributed by atoms with Crippen molar-refractivity contribution in [3.63, 3.8) is 0 Å². The number of aromatic nitrogens is 3. The Balaban J connectivity index is 1.48. The molecule has 0 amide bonds.